The van der Waals surface area contributed by atoms with Crippen molar-refractivity contribution >= 4 is 40.0 Å². The summed E-state index contributed by atoms with van der Waals surface area (Å²) in [5.41, 5.74) is 0.500. The highest BCUT2D eigenvalue weighted by molar-refractivity contribution is 7.92. The fourth-order valence-electron chi connectivity index (χ4n) is 4.23. The number of nitrogens with one attached hydrogen (secondary N) is 1. The van der Waals surface area contributed by atoms with E-state index in [1.165, 1.54) is 0 Å². The van der Waals surface area contributed by atoms with Gasteiger partial charge in [-0.2, -0.15) is 0 Å². The van der Waals surface area contributed by atoms with Crippen LogP contribution in [0, 0.1) is 12.3 Å². The molecule has 0 unspecified atom stereocenters. The maximum atomic E-state index is 12.9. The molecular formula is C19H28ClN3O5S. The van der Waals surface area contributed by atoms with E-state index in [9.17, 15) is 23.1 Å². The highest BCUT2D eigenvalue weighted by Gasteiger charge is 2.50. The lowest BCUT2D eigenvalue weighted by Crippen LogP contribution is -2.64. The fraction of sp³-hybridized carbons (Fsp3) is 0.579. The maximum absolute atomic E-state index is 12.9. The summed E-state index contributed by atoms with van der Waals surface area (Å²) in [7, 11) is -3.64. The Balaban J connectivity index is 0.00000300. The van der Waals surface area contributed by atoms with Gasteiger partial charge in [-0.3, -0.25) is 13.9 Å². The number of piperidine rings is 2. The van der Waals surface area contributed by atoms with Crippen LogP contribution < -0.4 is 9.62 Å². The average Bonchev–Trinajstić information content (AvgIpc) is 2.64. The Hall–Kier alpha value is -1.84. The summed E-state index contributed by atoms with van der Waals surface area (Å²) in [5, 5.41) is 13.0. The second kappa shape index (κ2) is 8.89. The summed E-state index contributed by atoms with van der Waals surface area (Å²) in [4.78, 5) is 26.4. The molecule has 8 nitrogen and oxygen atoms in total. The second-order valence-electron chi connectivity index (χ2n) is 7.77. The molecule has 2 atom stereocenters. The smallest absolute Gasteiger partial charge is 0.311 e. The SMILES string of the molecule is Cc1cccc(N(CC(=O)N2CC[C@@]3(C(=O)O)CCCN[C@@H]3C2)S(C)(=O)=O)c1.Cl. The van der Waals surface area contributed by atoms with Crippen LogP contribution in [0.1, 0.15) is 24.8 Å². The number of nitrogens with zero attached hydrogens (tertiary/aromatic N) is 2. The monoisotopic (exact) mass is 445 g/mol. The predicted molar refractivity (Wildman–Crippen MR) is 113 cm³/mol. The van der Waals surface area contributed by atoms with Crippen molar-refractivity contribution in [2.45, 2.75) is 32.2 Å². The zero-order valence-corrected chi connectivity index (χ0v) is 18.3. The number of halogens is 1. The molecule has 2 aliphatic rings. The van der Waals surface area contributed by atoms with Crippen molar-refractivity contribution in [3.05, 3.63) is 29.8 Å². The number of sulfonamides is 1. The number of aliphatic carboxylic acids is 1. The lowest BCUT2D eigenvalue weighted by Gasteiger charge is -2.48. The molecule has 1 aromatic rings. The molecular weight excluding hydrogens is 418 g/mol. The molecule has 2 fully saturated rings. The van der Waals surface area contributed by atoms with Gasteiger partial charge in [0.05, 0.1) is 17.4 Å². The van der Waals surface area contributed by atoms with E-state index in [1.54, 1.807) is 23.1 Å². The lowest BCUT2D eigenvalue weighted by atomic mass is 9.69. The van der Waals surface area contributed by atoms with Crippen LogP contribution in [0.5, 0.6) is 0 Å². The molecule has 10 heteroatoms. The molecule has 2 N–H and O–H groups in total. The third kappa shape index (κ3) is 4.84. The first-order valence-electron chi connectivity index (χ1n) is 9.42. The predicted octanol–water partition coefficient (Wildman–Crippen LogP) is 1.24. The number of anilines is 1. The number of aryl methyl sites for hydroxylation is 1. The summed E-state index contributed by atoms with van der Waals surface area (Å²) in [6.07, 6.45) is 2.85. The van der Waals surface area contributed by atoms with Gasteiger partial charge >= 0.3 is 5.97 Å². The molecule has 2 heterocycles. The maximum Gasteiger partial charge on any atom is 0.311 e. The van der Waals surface area contributed by atoms with Gasteiger partial charge in [0.15, 0.2) is 0 Å². The van der Waals surface area contributed by atoms with Crippen LogP contribution in [-0.2, 0) is 19.6 Å². The van der Waals surface area contributed by atoms with Crippen molar-refractivity contribution in [2.75, 3.05) is 36.7 Å². The highest BCUT2D eigenvalue weighted by atomic mass is 35.5. The molecule has 1 amide bonds. The summed E-state index contributed by atoms with van der Waals surface area (Å²) in [6.45, 7) is 2.87. The number of carboxylic acids is 1. The van der Waals surface area contributed by atoms with Gasteiger partial charge in [-0.1, -0.05) is 12.1 Å². The van der Waals surface area contributed by atoms with E-state index in [0.29, 0.717) is 25.1 Å². The average molecular weight is 446 g/mol. The van der Waals surface area contributed by atoms with Crippen LogP contribution in [0.4, 0.5) is 5.69 Å². The van der Waals surface area contributed by atoms with Gasteiger partial charge in [-0.05, 0) is 50.4 Å². The normalized spacial score (nSPS) is 24.2. The number of hydrogen-bond acceptors (Lipinski definition) is 5. The standard InChI is InChI=1S/C19H27N3O5S.ClH/c1-14-5-3-6-15(11-14)22(28(2,26)27)13-17(23)21-10-8-19(18(24)25)7-4-9-20-16(19)12-21;/h3,5-6,11,16,20H,4,7-10,12-13H2,1-2H3,(H,24,25);1H/t16-,19+;/m1./s1. The molecule has 0 bridgehead atoms. The number of carbonyl (C=O) groups excluding carboxylic acids is 1. The number of likely N-dealkylation sites (tertiary alicyclic amines) is 1. The van der Waals surface area contributed by atoms with Crippen LogP contribution in [0.2, 0.25) is 0 Å². The zero-order valence-electron chi connectivity index (χ0n) is 16.6. The Kier molecular flexibility index (Phi) is 7.19. The van der Waals surface area contributed by atoms with Crippen LogP contribution >= 0.6 is 12.4 Å². The molecule has 0 aliphatic carbocycles. The molecule has 0 aromatic heterocycles. The molecule has 2 aliphatic heterocycles. The van der Waals surface area contributed by atoms with Gasteiger partial charge in [0, 0.05) is 19.1 Å². The van der Waals surface area contributed by atoms with E-state index >= 15 is 0 Å². The molecule has 0 radical (unpaired) electrons. The molecule has 29 heavy (non-hydrogen) atoms. The van der Waals surface area contributed by atoms with E-state index in [0.717, 1.165) is 29.1 Å². The first-order valence-corrected chi connectivity index (χ1v) is 11.3. The fourth-order valence-corrected chi connectivity index (χ4v) is 5.07. The van der Waals surface area contributed by atoms with Crippen LogP contribution in [-0.4, -0.2) is 68.8 Å². The zero-order chi connectivity index (χ0) is 20.5. The largest absolute Gasteiger partial charge is 0.481 e. The summed E-state index contributed by atoms with van der Waals surface area (Å²) >= 11 is 0. The number of carbonyl (C=O) groups is 2. The summed E-state index contributed by atoms with van der Waals surface area (Å²) in [6, 6.07) is 6.68. The van der Waals surface area contributed by atoms with Crippen LogP contribution in [0.25, 0.3) is 0 Å². The van der Waals surface area contributed by atoms with E-state index in [-0.39, 0.29) is 37.4 Å². The van der Waals surface area contributed by atoms with Gasteiger partial charge in [0.2, 0.25) is 15.9 Å². The summed E-state index contributed by atoms with van der Waals surface area (Å²) < 4.78 is 25.7. The van der Waals surface area contributed by atoms with Crippen molar-refractivity contribution in [3.8, 4) is 0 Å². The van der Waals surface area contributed by atoms with Crippen molar-refractivity contribution < 1.29 is 23.1 Å². The minimum absolute atomic E-state index is 0. The highest BCUT2D eigenvalue weighted by Crippen LogP contribution is 2.39. The number of amides is 1. The van der Waals surface area contributed by atoms with Crippen LogP contribution in [0.3, 0.4) is 0 Å². The van der Waals surface area contributed by atoms with Gasteiger partial charge in [-0.25, -0.2) is 8.42 Å². The third-order valence-electron chi connectivity index (χ3n) is 5.84. The topological polar surface area (TPSA) is 107 Å². The molecule has 3 rings (SSSR count). The van der Waals surface area contributed by atoms with E-state index in [2.05, 4.69) is 5.32 Å². The van der Waals surface area contributed by atoms with Gasteiger partial charge in [0.1, 0.15) is 6.54 Å². The Labute approximate surface area is 177 Å². The Bertz CT molecular complexity index is 878. The first-order chi connectivity index (χ1) is 13.1. The minimum Gasteiger partial charge on any atom is -0.481 e. The Morgan fingerprint density at radius 3 is 2.69 bits per heavy atom. The molecule has 162 valence electrons. The van der Waals surface area contributed by atoms with E-state index in [4.69, 9.17) is 0 Å². The van der Waals surface area contributed by atoms with E-state index in [1.807, 2.05) is 13.0 Å². The quantitative estimate of drug-likeness (QED) is 0.706. The first kappa shape index (κ1) is 23.4. The van der Waals surface area contributed by atoms with E-state index < -0.39 is 21.4 Å². The number of hydrogen-bond donors (Lipinski definition) is 2. The molecule has 2 saturated heterocycles. The van der Waals surface area contributed by atoms with Crippen molar-refractivity contribution in [3.63, 3.8) is 0 Å². The Morgan fingerprint density at radius 2 is 2.07 bits per heavy atom. The molecule has 1 aromatic carbocycles. The van der Waals surface area contributed by atoms with Gasteiger partial charge < -0.3 is 15.3 Å². The Morgan fingerprint density at radius 1 is 1.34 bits per heavy atom. The third-order valence-corrected chi connectivity index (χ3v) is 6.98. The second-order valence-corrected chi connectivity index (χ2v) is 9.68. The number of fused-ring (bicyclic) bond motifs is 1. The number of benzene rings is 1. The number of rotatable bonds is 5. The summed E-state index contributed by atoms with van der Waals surface area (Å²) in [5.74, 6) is -1.15. The van der Waals surface area contributed by atoms with Gasteiger partial charge in [-0.15, -0.1) is 12.4 Å². The van der Waals surface area contributed by atoms with Crippen molar-refractivity contribution in [1.82, 2.24) is 10.2 Å². The minimum atomic E-state index is -3.64. The molecule has 0 spiro atoms. The van der Waals surface area contributed by atoms with Crippen molar-refractivity contribution in [2.24, 2.45) is 5.41 Å². The van der Waals surface area contributed by atoms with Crippen LogP contribution in [0.15, 0.2) is 24.3 Å². The van der Waals surface area contributed by atoms with Crippen molar-refractivity contribution in [1.29, 1.82) is 0 Å². The number of carboxylic acid groups (broad SMARTS) is 1. The lowest BCUT2D eigenvalue weighted by molar-refractivity contribution is -0.159. The van der Waals surface area contributed by atoms with Gasteiger partial charge in [0.25, 0.3) is 0 Å². The molecule has 0 saturated carbocycles.